The van der Waals surface area contributed by atoms with Gasteiger partial charge in [0, 0.05) is 19.5 Å². The number of amides is 2. The molecule has 0 atom stereocenters. The third-order valence-electron chi connectivity index (χ3n) is 5.36. The highest BCUT2D eigenvalue weighted by Gasteiger charge is 2.21. The molecule has 1 aliphatic rings. The lowest BCUT2D eigenvalue weighted by Crippen LogP contribution is -2.30. The fourth-order valence-electron chi connectivity index (χ4n) is 3.67. The van der Waals surface area contributed by atoms with Gasteiger partial charge in [-0.25, -0.2) is 9.37 Å². The van der Waals surface area contributed by atoms with Gasteiger partial charge < -0.3 is 24.7 Å². The van der Waals surface area contributed by atoms with Crippen molar-refractivity contribution < 1.29 is 23.5 Å². The second kappa shape index (κ2) is 9.68. The van der Waals surface area contributed by atoms with Crippen molar-refractivity contribution in [2.75, 3.05) is 26.8 Å². The number of aromatic nitrogens is 2. The SMILES string of the molecule is COc1cccc(CNC(=O)c2nc3ccc(F)c(OCCN4CCCC4=O)c3c(=O)[nH]2)c1. The Hall–Kier alpha value is -3.95. The minimum Gasteiger partial charge on any atom is -0.497 e. The molecule has 0 unspecified atom stereocenters. The molecule has 9 nitrogen and oxygen atoms in total. The summed E-state index contributed by atoms with van der Waals surface area (Å²) < 4.78 is 25.1. The number of benzene rings is 2. The molecule has 0 spiro atoms. The molecule has 1 aromatic heterocycles. The fourth-order valence-corrected chi connectivity index (χ4v) is 3.67. The zero-order valence-corrected chi connectivity index (χ0v) is 18.0. The average Bonchev–Trinajstić information content (AvgIpc) is 3.23. The van der Waals surface area contributed by atoms with E-state index in [9.17, 15) is 18.8 Å². The molecule has 2 heterocycles. The number of ether oxygens (including phenoxy) is 2. The van der Waals surface area contributed by atoms with Crippen molar-refractivity contribution in [1.29, 1.82) is 0 Å². The van der Waals surface area contributed by atoms with E-state index in [4.69, 9.17) is 9.47 Å². The summed E-state index contributed by atoms with van der Waals surface area (Å²) in [5, 5.41) is 2.59. The van der Waals surface area contributed by atoms with Crippen LogP contribution in [0.4, 0.5) is 4.39 Å². The Labute approximate surface area is 188 Å². The number of hydrogen-bond donors (Lipinski definition) is 2. The number of likely N-dealkylation sites (tertiary alicyclic amines) is 1. The van der Waals surface area contributed by atoms with E-state index in [0.29, 0.717) is 25.3 Å². The smallest absolute Gasteiger partial charge is 0.287 e. The number of rotatable bonds is 8. The Morgan fingerprint density at radius 1 is 1.27 bits per heavy atom. The van der Waals surface area contributed by atoms with Crippen LogP contribution in [0.1, 0.15) is 29.0 Å². The predicted octanol–water partition coefficient (Wildman–Crippen LogP) is 2.00. The van der Waals surface area contributed by atoms with E-state index in [1.807, 2.05) is 6.07 Å². The molecule has 1 saturated heterocycles. The maximum atomic E-state index is 14.4. The van der Waals surface area contributed by atoms with Crippen molar-refractivity contribution in [3.8, 4) is 11.5 Å². The first kappa shape index (κ1) is 22.3. The Morgan fingerprint density at radius 3 is 2.88 bits per heavy atom. The number of nitrogens with zero attached hydrogens (tertiary/aromatic N) is 2. The van der Waals surface area contributed by atoms with Crippen LogP contribution in [0.25, 0.3) is 10.9 Å². The molecule has 2 amide bonds. The van der Waals surface area contributed by atoms with Crippen LogP contribution in [0, 0.1) is 5.82 Å². The molecule has 1 fully saturated rings. The topological polar surface area (TPSA) is 114 Å². The van der Waals surface area contributed by atoms with Crippen molar-refractivity contribution in [2.24, 2.45) is 0 Å². The van der Waals surface area contributed by atoms with Crippen LogP contribution in [0.15, 0.2) is 41.2 Å². The number of carbonyl (C=O) groups excluding carboxylic acids is 2. The lowest BCUT2D eigenvalue weighted by molar-refractivity contribution is -0.128. The molecule has 2 aromatic carbocycles. The number of halogens is 1. The second-order valence-corrected chi connectivity index (χ2v) is 7.55. The van der Waals surface area contributed by atoms with Gasteiger partial charge in [0.15, 0.2) is 17.4 Å². The molecular weight excluding hydrogens is 431 g/mol. The molecule has 1 aliphatic heterocycles. The van der Waals surface area contributed by atoms with Crippen molar-refractivity contribution in [3.05, 3.63) is 64.0 Å². The van der Waals surface area contributed by atoms with Crippen LogP contribution in [-0.4, -0.2) is 53.5 Å². The number of aromatic amines is 1. The van der Waals surface area contributed by atoms with E-state index in [1.165, 1.54) is 6.07 Å². The van der Waals surface area contributed by atoms with E-state index < -0.39 is 17.3 Å². The van der Waals surface area contributed by atoms with E-state index in [1.54, 1.807) is 30.2 Å². The maximum Gasteiger partial charge on any atom is 0.287 e. The standard InChI is InChI=1S/C23H23FN4O5/c1-32-15-5-2-4-14(12-15)13-25-23(31)21-26-17-8-7-16(24)20(19(17)22(30)27-21)33-11-10-28-9-3-6-18(28)29/h2,4-5,7-8,12H,3,6,9-11,13H2,1H3,(H,25,31)(H,26,27,30). The zero-order valence-electron chi connectivity index (χ0n) is 18.0. The summed E-state index contributed by atoms with van der Waals surface area (Å²) in [6.45, 7) is 1.16. The highest BCUT2D eigenvalue weighted by Crippen LogP contribution is 2.25. The molecule has 33 heavy (non-hydrogen) atoms. The number of hydrogen-bond acceptors (Lipinski definition) is 6. The molecule has 0 radical (unpaired) electrons. The summed E-state index contributed by atoms with van der Waals surface area (Å²) >= 11 is 0. The van der Waals surface area contributed by atoms with Gasteiger partial charge in [-0.2, -0.15) is 0 Å². The van der Waals surface area contributed by atoms with Gasteiger partial charge in [0.05, 0.1) is 19.2 Å². The summed E-state index contributed by atoms with van der Waals surface area (Å²) in [5.41, 5.74) is 0.234. The van der Waals surface area contributed by atoms with E-state index in [-0.39, 0.29) is 41.5 Å². The lowest BCUT2D eigenvalue weighted by atomic mass is 10.2. The van der Waals surface area contributed by atoms with Gasteiger partial charge in [0.2, 0.25) is 5.91 Å². The van der Waals surface area contributed by atoms with Crippen LogP contribution < -0.4 is 20.3 Å². The van der Waals surface area contributed by atoms with E-state index >= 15 is 0 Å². The highest BCUT2D eigenvalue weighted by atomic mass is 19.1. The zero-order chi connectivity index (χ0) is 23.4. The fraction of sp³-hybridized carbons (Fsp3) is 0.304. The van der Waals surface area contributed by atoms with Crippen LogP contribution in [0.5, 0.6) is 11.5 Å². The monoisotopic (exact) mass is 454 g/mol. The summed E-state index contributed by atoms with van der Waals surface area (Å²) in [4.78, 5) is 45.2. The quantitative estimate of drug-likeness (QED) is 0.538. The number of methoxy groups -OCH3 is 1. The number of H-pyrrole nitrogens is 1. The van der Waals surface area contributed by atoms with Crippen LogP contribution in [0.2, 0.25) is 0 Å². The maximum absolute atomic E-state index is 14.4. The minimum atomic E-state index is -0.724. The number of fused-ring (bicyclic) bond motifs is 1. The van der Waals surface area contributed by atoms with Crippen molar-refractivity contribution >= 4 is 22.7 Å². The number of nitrogens with one attached hydrogen (secondary N) is 2. The Kier molecular flexibility index (Phi) is 6.53. The highest BCUT2D eigenvalue weighted by molar-refractivity contribution is 5.93. The third-order valence-corrected chi connectivity index (χ3v) is 5.36. The van der Waals surface area contributed by atoms with Crippen LogP contribution in [0.3, 0.4) is 0 Å². The van der Waals surface area contributed by atoms with Gasteiger partial charge in [0.25, 0.3) is 11.5 Å². The van der Waals surface area contributed by atoms with Gasteiger partial charge in [-0.1, -0.05) is 12.1 Å². The molecule has 0 aliphatic carbocycles. The first-order valence-electron chi connectivity index (χ1n) is 10.5. The van der Waals surface area contributed by atoms with Gasteiger partial charge in [-0.3, -0.25) is 14.4 Å². The largest absolute Gasteiger partial charge is 0.497 e. The van der Waals surface area contributed by atoms with Crippen molar-refractivity contribution in [2.45, 2.75) is 19.4 Å². The molecule has 4 rings (SSSR count). The molecule has 3 aromatic rings. The Bertz CT molecular complexity index is 1260. The average molecular weight is 454 g/mol. The van der Waals surface area contributed by atoms with Crippen LogP contribution >= 0.6 is 0 Å². The summed E-state index contributed by atoms with van der Waals surface area (Å²) in [6.07, 6.45) is 1.28. The third kappa shape index (κ3) is 4.94. The molecule has 0 saturated carbocycles. The van der Waals surface area contributed by atoms with E-state index in [2.05, 4.69) is 15.3 Å². The first-order valence-corrected chi connectivity index (χ1v) is 10.5. The lowest BCUT2D eigenvalue weighted by Gasteiger charge is -2.16. The number of carbonyl (C=O) groups is 2. The molecular formula is C23H23FN4O5. The van der Waals surface area contributed by atoms with Gasteiger partial charge in [-0.05, 0) is 36.2 Å². The Morgan fingerprint density at radius 2 is 2.12 bits per heavy atom. The molecule has 2 N–H and O–H groups in total. The summed E-state index contributed by atoms with van der Waals surface area (Å²) in [5.74, 6) is -1.08. The second-order valence-electron chi connectivity index (χ2n) is 7.55. The summed E-state index contributed by atoms with van der Waals surface area (Å²) in [7, 11) is 1.55. The normalized spacial score (nSPS) is 13.4. The molecule has 10 heteroatoms. The summed E-state index contributed by atoms with van der Waals surface area (Å²) in [6, 6.07) is 9.63. The minimum absolute atomic E-state index is 0.0288. The van der Waals surface area contributed by atoms with Gasteiger partial charge in [0.1, 0.15) is 17.7 Å². The van der Waals surface area contributed by atoms with Crippen molar-refractivity contribution in [1.82, 2.24) is 20.2 Å². The van der Waals surface area contributed by atoms with Gasteiger partial charge >= 0.3 is 0 Å². The molecule has 0 bridgehead atoms. The van der Waals surface area contributed by atoms with Crippen LogP contribution in [-0.2, 0) is 11.3 Å². The predicted molar refractivity (Wildman–Crippen MR) is 118 cm³/mol. The molecule has 172 valence electrons. The Balaban J connectivity index is 1.50. The van der Waals surface area contributed by atoms with E-state index in [0.717, 1.165) is 18.1 Å². The first-order chi connectivity index (χ1) is 16.0. The van der Waals surface area contributed by atoms with Gasteiger partial charge in [-0.15, -0.1) is 0 Å². The van der Waals surface area contributed by atoms with Crippen molar-refractivity contribution in [3.63, 3.8) is 0 Å².